The highest BCUT2D eigenvalue weighted by molar-refractivity contribution is 7.89. The van der Waals surface area contributed by atoms with Gasteiger partial charge in [0.2, 0.25) is 15.9 Å². The number of para-hydroxylation sites is 1. The predicted octanol–water partition coefficient (Wildman–Crippen LogP) is 0.757. The lowest BCUT2D eigenvalue weighted by molar-refractivity contribution is -0.130. The average molecular weight is 297 g/mol. The first-order chi connectivity index (χ1) is 9.39. The molecule has 1 heterocycles. The molecule has 1 fully saturated rings. The summed E-state index contributed by atoms with van der Waals surface area (Å²) < 4.78 is 23.0. The number of anilines is 1. The van der Waals surface area contributed by atoms with E-state index in [9.17, 15) is 13.2 Å². The van der Waals surface area contributed by atoms with E-state index in [1.807, 2.05) is 0 Å². The fraction of sp³-hybridized carbons (Fsp3) is 0.462. The van der Waals surface area contributed by atoms with Crippen LogP contribution in [0.5, 0.6) is 0 Å². The van der Waals surface area contributed by atoms with Crippen LogP contribution in [0.1, 0.15) is 19.8 Å². The summed E-state index contributed by atoms with van der Waals surface area (Å²) in [5.74, 6) is -0.0216. The molecule has 110 valence electrons. The Morgan fingerprint density at radius 3 is 2.50 bits per heavy atom. The first-order valence-corrected chi connectivity index (χ1v) is 8.11. The highest BCUT2D eigenvalue weighted by Crippen LogP contribution is 2.21. The molecule has 1 unspecified atom stereocenters. The molecule has 0 aromatic heterocycles. The number of carbonyl (C=O) groups excluding carboxylic acids is 1. The summed E-state index contributed by atoms with van der Waals surface area (Å²) in [7, 11) is -3.81. The normalized spacial score (nSPS) is 17.0. The SMILES string of the molecule is CC(Nc1ccccc1S(N)(=O)=O)C(=O)N1CCCC1. The van der Waals surface area contributed by atoms with E-state index in [1.165, 1.54) is 6.07 Å². The Labute approximate surface area is 119 Å². The summed E-state index contributed by atoms with van der Waals surface area (Å²) in [6.07, 6.45) is 2.04. The minimum atomic E-state index is -3.81. The van der Waals surface area contributed by atoms with Crippen LogP contribution < -0.4 is 10.5 Å². The van der Waals surface area contributed by atoms with Crippen molar-refractivity contribution >= 4 is 21.6 Å². The molecule has 1 aromatic carbocycles. The van der Waals surface area contributed by atoms with Crippen LogP contribution in [-0.2, 0) is 14.8 Å². The minimum Gasteiger partial charge on any atom is -0.373 e. The molecule has 1 saturated heterocycles. The number of primary sulfonamides is 1. The zero-order chi connectivity index (χ0) is 14.8. The van der Waals surface area contributed by atoms with Crippen molar-refractivity contribution in [1.82, 2.24) is 4.90 Å². The maximum atomic E-state index is 12.2. The lowest BCUT2D eigenvalue weighted by Crippen LogP contribution is -2.39. The first kappa shape index (κ1) is 14.8. The van der Waals surface area contributed by atoms with Crippen LogP contribution in [0.25, 0.3) is 0 Å². The Bertz CT molecular complexity index is 595. The molecule has 1 amide bonds. The lowest BCUT2D eigenvalue weighted by Gasteiger charge is -2.22. The van der Waals surface area contributed by atoms with Gasteiger partial charge in [-0.3, -0.25) is 4.79 Å². The number of nitrogens with two attached hydrogens (primary N) is 1. The third kappa shape index (κ3) is 3.29. The zero-order valence-corrected chi connectivity index (χ0v) is 12.2. The van der Waals surface area contributed by atoms with Crippen LogP contribution >= 0.6 is 0 Å². The number of hydrogen-bond acceptors (Lipinski definition) is 4. The van der Waals surface area contributed by atoms with Gasteiger partial charge in [0, 0.05) is 13.1 Å². The van der Waals surface area contributed by atoms with Gasteiger partial charge in [0.1, 0.15) is 10.9 Å². The number of nitrogens with zero attached hydrogens (tertiary/aromatic N) is 1. The van der Waals surface area contributed by atoms with E-state index in [0.29, 0.717) is 5.69 Å². The average Bonchev–Trinajstić information content (AvgIpc) is 2.91. The van der Waals surface area contributed by atoms with Gasteiger partial charge in [-0.05, 0) is 31.9 Å². The monoisotopic (exact) mass is 297 g/mol. The topological polar surface area (TPSA) is 92.5 Å². The van der Waals surface area contributed by atoms with Crippen molar-refractivity contribution in [2.45, 2.75) is 30.7 Å². The van der Waals surface area contributed by atoms with E-state index in [-0.39, 0.29) is 10.8 Å². The van der Waals surface area contributed by atoms with Crippen LogP contribution in [0.3, 0.4) is 0 Å². The highest BCUT2D eigenvalue weighted by Gasteiger charge is 2.24. The van der Waals surface area contributed by atoms with Gasteiger partial charge in [0.05, 0.1) is 5.69 Å². The molecular formula is C13H19N3O3S. The van der Waals surface area contributed by atoms with Crippen molar-refractivity contribution < 1.29 is 13.2 Å². The van der Waals surface area contributed by atoms with Gasteiger partial charge in [-0.15, -0.1) is 0 Å². The van der Waals surface area contributed by atoms with Gasteiger partial charge in [-0.1, -0.05) is 12.1 Å². The van der Waals surface area contributed by atoms with Crippen LogP contribution in [0.15, 0.2) is 29.2 Å². The van der Waals surface area contributed by atoms with Crippen molar-refractivity contribution in [1.29, 1.82) is 0 Å². The molecule has 0 saturated carbocycles. The van der Waals surface area contributed by atoms with Crippen molar-refractivity contribution in [2.24, 2.45) is 5.14 Å². The Morgan fingerprint density at radius 1 is 1.30 bits per heavy atom. The summed E-state index contributed by atoms with van der Waals surface area (Å²) in [6.45, 7) is 3.25. The second kappa shape index (κ2) is 5.80. The molecule has 1 aliphatic rings. The highest BCUT2D eigenvalue weighted by atomic mass is 32.2. The Balaban J connectivity index is 2.15. The molecule has 0 radical (unpaired) electrons. The van der Waals surface area contributed by atoms with Crippen molar-refractivity contribution in [3.05, 3.63) is 24.3 Å². The van der Waals surface area contributed by atoms with Gasteiger partial charge in [0.25, 0.3) is 0 Å². The lowest BCUT2D eigenvalue weighted by atomic mass is 10.2. The third-order valence-electron chi connectivity index (χ3n) is 3.35. The minimum absolute atomic E-state index is 0.000993. The van der Waals surface area contributed by atoms with E-state index < -0.39 is 16.1 Å². The number of likely N-dealkylation sites (tertiary alicyclic amines) is 1. The Kier molecular flexibility index (Phi) is 4.29. The van der Waals surface area contributed by atoms with E-state index in [0.717, 1.165) is 25.9 Å². The predicted molar refractivity (Wildman–Crippen MR) is 76.7 cm³/mol. The van der Waals surface area contributed by atoms with Gasteiger partial charge in [-0.2, -0.15) is 0 Å². The van der Waals surface area contributed by atoms with Gasteiger partial charge in [-0.25, -0.2) is 13.6 Å². The number of amides is 1. The molecule has 1 aliphatic heterocycles. The fourth-order valence-electron chi connectivity index (χ4n) is 2.34. The van der Waals surface area contributed by atoms with Crippen molar-refractivity contribution in [3.63, 3.8) is 0 Å². The number of nitrogens with one attached hydrogen (secondary N) is 1. The Morgan fingerprint density at radius 2 is 1.90 bits per heavy atom. The van der Waals surface area contributed by atoms with Gasteiger partial charge >= 0.3 is 0 Å². The summed E-state index contributed by atoms with van der Waals surface area (Å²) in [6, 6.07) is 5.83. The standard InChI is InChI=1S/C13H19N3O3S/c1-10(13(17)16-8-4-5-9-16)15-11-6-2-3-7-12(11)20(14,18)19/h2-3,6-7,10,15H,4-5,8-9H2,1H3,(H2,14,18,19). The number of sulfonamides is 1. The molecular weight excluding hydrogens is 278 g/mol. The van der Waals surface area contributed by atoms with E-state index in [2.05, 4.69) is 5.32 Å². The van der Waals surface area contributed by atoms with E-state index >= 15 is 0 Å². The number of benzene rings is 1. The first-order valence-electron chi connectivity index (χ1n) is 6.57. The molecule has 2 rings (SSSR count). The third-order valence-corrected chi connectivity index (χ3v) is 4.32. The maximum Gasteiger partial charge on any atom is 0.244 e. The second-order valence-electron chi connectivity index (χ2n) is 4.94. The number of hydrogen-bond donors (Lipinski definition) is 2. The molecule has 20 heavy (non-hydrogen) atoms. The molecule has 0 spiro atoms. The molecule has 1 atom stereocenters. The number of rotatable bonds is 4. The largest absolute Gasteiger partial charge is 0.373 e. The number of carbonyl (C=O) groups is 1. The Hall–Kier alpha value is -1.60. The molecule has 0 bridgehead atoms. The molecule has 7 heteroatoms. The smallest absolute Gasteiger partial charge is 0.244 e. The van der Waals surface area contributed by atoms with Crippen LogP contribution in [0.2, 0.25) is 0 Å². The van der Waals surface area contributed by atoms with Crippen LogP contribution in [0, 0.1) is 0 Å². The van der Waals surface area contributed by atoms with Crippen LogP contribution in [0.4, 0.5) is 5.69 Å². The molecule has 6 nitrogen and oxygen atoms in total. The van der Waals surface area contributed by atoms with E-state index in [1.54, 1.807) is 30.0 Å². The fourth-order valence-corrected chi connectivity index (χ4v) is 3.04. The summed E-state index contributed by atoms with van der Waals surface area (Å²) in [5, 5.41) is 8.11. The zero-order valence-electron chi connectivity index (χ0n) is 11.4. The quantitative estimate of drug-likeness (QED) is 0.858. The van der Waals surface area contributed by atoms with Crippen molar-refractivity contribution in [3.8, 4) is 0 Å². The molecule has 3 N–H and O–H groups in total. The van der Waals surface area contributed by atoms with Gasteiger partial charge < -0.3 is 10.2 Å². The molecule has 0 aliphatic carbocycles. The van der Waals surface area contributed by atoms with Crippen molar-refractivity contribution in [2.75, 3.05) is 18.4 Å². The van der Waals surface area contributed by atoms with Crippen LogP contribution in [-0.4, -0.2) is 38.4 Å². The summed E-state index contributed by atoms with van der Waals surface area (Å²) >= 11 is 0. The summed E-state index contributed by atoms with van der Waals surface area (Å²) in [4.78, 5) is 14.0. The van der Waals surface area contributed by atoms with Gasteiger partial charge in [0.15, 0.2) is 0 Å². The molecule has 1 aromatic rings. The van der Waals surface area contributed by atoms with E-state index in [4.69, 9.17) is 5.14 Å². The second-order valence-corrected chi connectivity index (χ2v) is 6.47. The summed E-state index contributed by atoms with van der Waals surface area (Å²) in [5.41, 5.74) is 0.357. The maximum absolute atomic E-state index is 12.2.